The van der Waals surface area contributed by atoms with Gasteiger partial charge in [0, 0.05) is 97.4 Å². The molecule has 8 fully saturated rings. The lowest BCUT2D eigenvalue weighted by Crippen LogP contribution is -2.50. The van der Waals surface area contributed by atoms with Crippen LogP contribution in [0.2, 0.25) is 0 Å². The van der Waals surface area contributed by atoms with Crippen LogP contribution in [0.4, 0.5) is 0 Å². The van der Waals surface area contributed by atoms with Gasteiger partial charge in [0.1, 0.15) is 34.5 Å². The number of fused-ring (bicyclic) bond motifs is 22. The summed E-state index contributed by atoms with van der Waals surface area (Å²) in [7, 11) is 0. The number of unbranched alkanes of at least 4 members (excludes halogenated alkanes) is 18. The van der Waals surface area contributed by atoms with Crippen molar-refractivity contribution < 1.29 is 95.2 Å². The van der Waals surface area contributed by atoms with E-state index in [9.17, 15) is 19.2 Å². The number of esters is 8. The maximum Gasteiger partial charge on any atom is 0.356 e. The van der Waals surface area contributed by atoms with Gasteiger partial charge in [-0.15, -0.1) is 0 Å². The van der Waals surface area contributed by atoms with E-state index in [0.717, 1.165) is 51.4 Å². The molecule has 670 valence electrons. The Labute approximate surface area is 743 Å². The number of ether oxygens (including phenoxy) is 12. The van der Waals surface area contributed by atoms with Gasteiger partial charge in [-0.1, -0.05) is 245 Å². The molecule has 4 saturated carbocycles. The lowest BCUT2D eigenvalue weighted by molar-refractivity contribution is -0.176. The number of rotatable bonds is 34. The van der Waals surface area contributed by atoms with E-state index in [2.05, 4.69) is 13.8 Å². The summed E-state index contributed by atoms with van der Waals surface area (Å²) in [4.78, 5) is 122. The summed E-state index contributed by atoms with van der Waals surface area (Å²) < 4.78 is 83.8. The van der Waals surface area contributed by atoms with Crippen molar-refractivity contribution >= 4 is 112 Å². The van der Waals surface area contributed by atoms with Crippen LogP contribution in [0.25, 0.3) is 64.6 Å². The average Bonchev–Trinajstić information content (AvgIpc) is 1.61. The third-order valence-electron chi connectivity index (χ3n) is 34.0. The first kappa shape index (κ1) is 87.2. The molecule has 127 heavy (non-hydrogen) atoms. The maximum atomic E-state index is 16.3. The highest BCUT2D eigenvalue weighted by molar-refractivity contribution is 6.40. The van der Waals surface area contributed by atoms with Gasteiger partial charge in [0.05, 0.1) is 34.9 Å². The molecule has 0 spiro atoms. The molecule has 8 atom stereocenters. The first-order valence-corrected chi connectivity index (χ1v) is 47.1. The molecule has 0 unspecified atom stereocenters. The van der Waals surface area contributed by atoms with Crippen LogP contribution in [0.5, 0.6) is 46.0 Å². The van der Waals surface area contributed by atoms with Crippen molar-refractivity contribution in [2.75, 3.05) is 13.2 Å². The molecule has 9 aromatic rings. The lowest BCUT2D eigenvalue weighted by atomic mass is 9.66. The third kappa shape index (κ3) is 12.5. The zero-order valence-corrected chi connectivity index (χ0v) is 76.4. The molecule has 20 nitrogen and oxygen atoms in total. The second kappa shape index (κ2) is 31.4. The summed E-state index contributed by atoms with van der Waals surface area (Å²) in [6, 6.07) is 37.0. The van der Waals surface area contributed by atoms with Crippen LogP contribution in [-0.4, -0.2) is 83.4 Å². The summed E-state index contributed by atoms with van der Waals surface area (Å²) in [6.45, 7) is 27.1. The van der Waals surface area contributed by atoms with Gasteiger partial charge in [0.25, 0.3) is 0 Å². The largest absolute Gasteiger partial charge is 0.493 e. The normalized spacial score (nSPS) is 27.1. The van der Waals surface area contributed by atoms with Gasteiger partial charge in [0.15, 0.2) is 11.5 Å². The fourth-order valence-electron chi connectivity index (χ4n) is 23.6. The number of benzene rings is 9. The monoisotopic (exact) mass is 1730 g/mol. The van der Waals surface area contributed by atoms with Crippen molar-refractivity contribution in [2.24, 2.45) is 43.3 Å². The van der Waals surface area contributed by atoms with E-state index >= 15 is 19.2 Å². The Morgan fingerprint density at radius 1 is 0.276 bits per heavy atom. The number of hydrogen-bond donors (Lipinski definition) is 0. The van der Waals surface area contributed by atoms with Gasteiger partial charge < -0.3 is 56.8 Å². The second-order valence-electron chi connectivity index (χ2n) is 41.1. The van der Waals surface area contributed by atoms with Gasteiger partial charge in [-0.25, -0.2) is 19.2 Å². The van der Waals surface area contributed by atoms with Gasteiger partial charge in [-0.2, -0.15) is 0 Å². The number of carbonyl (C=O) groups excluding carboxylic acids is 8. The summed E-state index contributed by atoms with van der Waals surface area (Å²) in [6.07, 6.45) is 23.4. The van der Waals surface area contributed by atoms with Crippen LogP contribution in [0.15, 0.2) is 121 Å². The van der Waals surface area contributed by atoms with E-state index in [4.69, 9.17) is 56.8 Å². The van der Waals surface area contributed by atoms with E-state index < -0.39 is 119 Å². The summed E-state index contributed by atoms with van der Waals surface area (Å²) in [5, 5.41) is 4.31. The molecule has 9 aromatic carbocycles. The second-order valence-corrected chi connectivity index (χ2v) is 41.1. The van der Waals surface area contributed by atoms with Crippen LogP contribution in [0, 0.1) is 43.3 Å². The molecular weight excluding hydrogens is 1610 g/mol. The zero-order chi connectivity index (χ0) is 89.7. The molecule has 5 aliphatic heterocycles. The highest BCUT2D eigenvalue weighted by Crippen LogP contribution is 2.71. The van der Waals surface area contributed by atoms with Crippen LogP contribution < -0.4 is 37.9 Å². The van der Waals surface area contributed by atoms with Crippen molar-refractivity contribution in [2.45, 2.75) is 305 Å². The Morgan fingerprint density at radius 2 is 0.535 bits per heavy atom. The van der Waals surface area contributed by atoms with E-state index in [0.29, 0.717) is 104 Å². The molecule has 0 amide bonds. The minimum atomic E-state index is -1.78. The van der Waals surface area contributed by atoms with Gasteiger partial charge >= 0.3 is 53.5 Å². The SMILES string of the molecule is CCCCCCCCCCCCOc1cc2c(OC(=O)[C@@]34CC[C@@](C)(C(=O)O3)C4(C)C)ccc(OC(=O)[C@@]34CC[C@@](C)(C(=O)O3)C4(C)C)c2c2c1ccc1c3c(c4ccc5c(OCCCCCCCCCCCC)cc6c(OC(=O)[C@@]78CC[C@@](C)(C(=O)O7)C8(C)C)ccc(OC(=O)[C@@]78CC[C@@](C)(C(=O)O7)C8(C)C)c6c5c4c12)OC(c1ccccc1)(c1ccccc1)O3. The number of hydrogen-bond acceptors (Lipinski definition) is 20. The Bertz CT molecular complexity index is 5680. The quantitative estimate of drug-likeness (QED) is 0.0119. The average molecular weight is 1730 g/mol. The van der Waals surface area contributed by atoms with Crippen LogP contribution in [0.1, 0.15) is 288 Å². The first-order valence-electron chi connectivity index (χ1n) is 47.1. The topological polar surface area (TPSA) is 247 Å². The molecule has 4 saturated heterocycles. The van der Waals surface area contributed by atoms with E-state index in [1.165, 1.54) is 64.2 Å². The molecule has 20 heteroatoms. The van der Waals surface area contributed by atoms with E-state index in [1.54, 1.807) is 24.3 Å². The van der Waals surface area contributed by atoms with Crippen molar-refractivity contribution in [3.63, 3.8) is 0 Å². The standard InChI is InChI=1S/C107H122O20/c1-15-17-19-21-23-25-27-29-31-39-61-116-77-63-71-73(118-91(112)103-57-53-99(11,87(108)124-103)95(103,3)4)49-51-75(120-93(114)105-59-55-101(13,89(110)126-105)97(105,7)8)79(71)81-67(77)45-47-69-83(81)84-70(86-85(69)122-107(123-86,65-41-35-33-36-42-65)66-43-37-34-38-44-66)48-46-68-78(117-62-40-32-30-28-26-24-22-20-18-16-2)64-72-74(119-92(113)104-58-54-100(12,88(109)125-104)96(104,5)6)50-52-76(80(72)82(68)84)121-94(115)106-60-56-102(14,90(111)127-106)98(106,9)10/h33-38,41-52,63-64H,15-32,39-40,53-62H2,1-14H3/t99-,100-,101-,102-,103+,104+,105+,106+/m0/s1. The predicted molar refractivity (Wildman–Crippen MR) is 483 cm³/mol. The Balaban J connectivity index is 0.956. The minimum absolute atomic E-state index is 0.00428. The molecule has 0 N–H and O–H groups in total. The van der Waals surface area contributed by atoms with Crippen molar-refractivity contribution in [3.8, 4) is 46.0 Å². The van der Waals surface area contributed by atoms with Crippen molar-refractivity contribution in [1.29, 1.82) is 0 Å². The molecule has 0 aromatic heterocycles. The minimum Gasteiger partial charge on any atom is -0.493 e. The van der Waals surface area contributed by atoms with E-state index in [1.807, 2.05) is 180 Å². The van der Waals surface area contributed by atoms with Crippen LogP contribution in [-0.2, 0) is 63.1 Å². The van der Waals surface area contributed by atoms with Crippen molar-refractivity contribution in [1.82, 2.24) is 0 Å². The summed E-state index contributed by atoms with van der Waals surface area (Å²) in [5.41, 5.74) is -14.2. The van der Waals surface area contributed by atoms with Crippen LogP contribution >= 0.6 is 0 Å². The molecule has 0 radical (unpaired) electrons. The Morgan fingerprint density at radius 3 is 0.811 bits per heavy atom. The highest BCUT2D eigenvalue weighted by Gasteiger charge is 2.80. The first-order chi connectivity index (χ1) is 60.6. The molecule has 5 heterocycles. The fourth-order valence-corrected chi connectivity index (χ4v) is 23.6. The van der Waals surface area contributed by atoms with Gasteiger partial charge in [-0.3, -0.25) is 19.2 Å². The maximum absolute atomic E-state index is 16.3. The molecular formula is C107H122O20. The van der Waals surface area contributed by atoms with Gasteiger partial charge in [-0.05, 0) is 153 Å². The zero-order valence-electron chi connectivity index (χ0n) is 76.4. The van der Waals surface area contributed by atoms with Crippen LogP contribution in [0.3, 0.4) is 0 Å². The molecule has 8 bridgehead atoms. The molecule has 9 aliphatic rings. The molecule has 18 rings (SSSR count). The summed E-state index contributed by atoms with van der Waals surface area (Å²) in [5.74, 6) is -5.89. The van der Waals surface area contributed by atoms with Crippen molar-refractivity contribution in [3.05, 3.63) is 132 Å². The Hall–Kier alpha value is -10.5. The predicted octanol–water partition coefficient (Wildman–Crippen LogP) is 24.0. The highest BCUT2D eigenvalue weighted by atomic mass is 16.7. The third-order valence-corrected chi connectivity index (χ3v) is 34.0. The van der Waals surface area contributed by atoms with Gasteiger partial charge in [0.2, 0.25) is 22.4 Å². The Kier molecular flexibility index (Phi) is 21.6. The van der Waals surface area contributed by atoms with E-state index in [-0.39, 0.29) is 94.9 Å². The lowest BCUT2D eigenvalue weighted by Gasteiger charge is -2.35. The fraction of sp³-hybridized carbons (Fsp3) is 0.533. The summed E-state index contributed by atoms with van der Waals surface area (Å²) >= 11 is 0. The molecule has 4 aliphatic carbocycles. The smallest absolute Gasteiger partial charge is 0.356 e. The number of carbonyl (C=O) groups is 8.